The molecule has 0 spiro atoms. The fourth-order valence-corrected chi connectivity index (χ4v) is 3.43. The molecule has 1 aliphatic carbocycles. The summed E-state index contributed by atoms with van der Waals surface area (Å²) in [7, 11) is 4.12. The molecule has 2 rings (SSSR count). The van der Waals surface area contributed by atoms with E-state index in [2.05, 4.69) is 45.6 Å². The van der Waals surface area contributed by atoms with Crippen molar-refractivity contribution in [2.24, 2.45) is 0 Å². The van der Waals surface area contributed by atoms with Crippen LogP contribution in [-0.2, 0) is 4.79 Å². The number of rotatable bonds is 6. The first-order chi connectivity index (χ1) is 10.9. The Morgan fingerprint density at radius 2 is 1.91 bits per heavy atom. The zero-order chi connectivity index (χ0) is 16.9. The molecule has 5 nitrogen and oxygen atoms in total. The third kappa shape index (κ3) is 4.78. The Labute approximate surface area is 145 Å². The number of benzene rings is 1. The van der Waals surface area contributed by atoms with Crippen molar-refractivity contribution >= 4 is 27.7 Å². The molecule has 1 aromatic carbocycles. The van der Waals surface area contributed by atoms with E-state index >= 15 is 0 Å². The zero-order valence-electron chi connectivity index (χ0n) is 13.7. The highest BCUT2D eigenvalue weighted by molar-refractivity contribution is 9.10. The molecule has 0 bridgehead atoms. The molecule has 0 heterocycles. The van der Waals surface area contributed by atoms with E-state index in [9.17, 15) is 9.59 Å². The number of likely N-dealkylation sites (N-methyl/N-ethyl adjacent to an activating group) is 1. The smallest absolute Gasteiger partial charge is 0.251 e. The van der Waals surface area contributed by atoms with Gasteiger partial charge in [0, 0.05) is 22.1 Å². The van der Waals surface area contributed by atoms with Gasteiger partial charge >= 0.3 is 0 Å². The van der Waals surface area contributed by atoms with Gasteiger partial charge in [-0.25, -0.2) is 0 Å². The molecule has 0 aliphatic heterocycles. The molecular formula is C17H24BrN3O2. The number of amides is 2. The highest BCUT2D eigenvalue weighted by Gasteiger charge is 2.36. The Kier molecular flexibility index (Phi) is 6.18. The van der Waals surface area contributed by atoms with Gasteiger partial charge in [0.15, 0.2) is 0 Å². The van der Waals surface area contributed by atoms with Crippen LogP contribution >= 0.6 is 15.9 Å². The Morgan fingerprint density at radius 1 is 1.22 bits per heavy atom. The molecule has 0 unspecified atom stereocenters. The second kappa shape index (κ2) is 7.93. The Hall–Kier alpha value is -1.40. The van der Waals surface area contributed by atoms with Crippen molar-refractivity contribution in [2.75, 3.05) is 27.2 Å². The summed E-state index contributed by atoms with van der Waals surface area (Å²) < 4.78 is 0.837. The SMILES string of the molecule is CN(C)C1(CNC(=O)CNC(=O)c2cccc(Br)c2)CCCC1. The van der Waals surface area contributed by atoms with Gasteiger partial charge in [-0.3, -0.25) is 9.59 Å². The second-order valence-electron chi connectivity index (χ2n) is 6.30. The number of nitrogens with zero attached hydrogens (tertiary/aromatic N) is 1. The van der Waals surface area contributed by atoms with Crippen LogP contribution in [0.1, 0.15) is 36.0 Å². The van der Waals surface area contributed by atoms with Crippen LogP contribution in [0, 0.1) is 0 Å². The van der Waals surface area contributed by atoms with Gasteiger partial charge in [0.05, 0.1) is 6.54 Å². The Bertz CT molecular complexity index is 569. The van der Waals surface area contributed by atoms with E-state index in [1.165, 1.54) is 12.8 Å². The topological polar surface area (TPSA) is 61.4 Å². The monoisotopic (exact) mass is 381 g/mol. The van der Waals surface area contributed by atoms with Gasteiger partial charge in [-0.05, 0) is 45.1 Å². The van der Waals surface area contributed by atoms with Gasteiger partial charge in [-0.15, -0.1) is 0 Å². The molecule has 0 atom stereocenters. The predicted octanol–water partition coefficient (Wildman–Crippen LogP) is 2.17. The second-order valence-corrected chi connectivity index (χ2v) is 7.21. The number of nitrogens with one attached hydrogen (secondary N) is 2. The number of carbonyl (C=O) groups is 2. The molecule has 0 aromatic heterocycles. The van der Waals surface area contributed by atoms with Crippen LogP contribution in [-0.4, -0.2) is 49.4 Å². The van der Waals surface area contributed by atoms with Crippen LogP contribution in [0.2, 0.25) is 0 Å². The standard InChI is InChI=1S/C17H24BrN3O2/c1-21(2)17(8-3-4-9-17)12-20-15(22)11-19-16(23)13-6-5-7-14(18)10-13/h5-7,10H,3-4,8-9,11-12H2,1-2H3,(H,19,23)(H,20,22). The highest BCUT2D eigenvalue weighted by atomic mass is 79.9. The fraction of sp³-hybridized carbons (Fsp3) is 0.529. The molecule has 2 amide bonds. The van der Waals surface area contributed by atoms with Crippen molar-refractivity contribution in [1.29, 1.82) is 0 Å². The number of halogens is 1. The maximum Gasteiger partial charge on any atom is 0.251 e. The average molecular weight is 382 g/mol. The Morgan fingerprint density at radius 3 is 2.52 bits per heavy atom. The first-order valence-electron chi connectivity index (χ1n) is 7.91. The van der Waals surface area contributed by atoms with E-state index in [1.54, 1.807) is 18.2 Å². The zero-order valence-corrected chi connectivity index (χ0v) is 15.3. The lowest BCUT2D eigenvalue weighted by Gasteiger charge is -2.36. The minimum absolute atomic E-state index is 0.00510. The molecule has 1 saturated carbocycles. The maximum atomic E-state index is 12.0. The van der Waals surface area contributed by atoms with E-state index in [0.717, 1.165) is 17.3 Å². The number of carbonyl (C=O) groups excluding carboxylic acids is 2. The van der Waals surface area contributed by atoms with E-state index in [1.807, 2.05) is 6.07 Å². The summed E-state index contributed by atoms with van der Waals surface area (Å²) in [5, 5.41) is 5.62. The van der Waals surface area contributed by atoms with Crippen molar-refractivity contribution < 1.29 is 9.59 Å². The summed E-state index contributed by atoms with van der Waals surface area (Å²) in [6.45, 7) is 0.625. The normalized spacial score (nSPS) is 16.3. The van der Waals surface area contributed by atoms with Crippen LogP contribution in [0.15, 0.2) is 28.7 Å². The van der Waals surface area contributed by atoms with E-state index in [0.29, 0.717) is 12.1 Å². The van der Waals surface area contributed by atoms with Gasteiger partial charge < -0.3 is 15.5 Å². The molecule has 1 aliphatic rings. The lowest BCUT2D eigenvalue weighted by Crippen LogP contribution is -2.52. The van der Waals surface area contributed by atoms with Crippen molar-refractivity contribution in [3.8, 4) is 0 Å². The van der Waals surface area contributed by atoms with Gasteiger partial charge in [-0.1, -0.05) is 34.8 Å². The maximum absolute atomic E-state index is 12.0. The summed E-state index contributed by atoms with van der Waals surface area (Å²) in [5.74, 6) is -0.397. The van der Waals surface area contributed by atoms with Crippen LogP contribution in [0.5, 0.6) is 0 Å². The van der Waals surface area contributed by atoms with Gasteiger partial charge in [-0.2, -0.15) is 0 Å². The Balaban J connectivity index is 1.80. The largest absolute Gasteiger partial charge is 0.353 e. The lowest BCUT2D eigenvalue weighted by atomic mass is 9.96. The molecule has 6 heteroatoms. The molecule has 0 saturated heterocycles. The van der Waals surface area contributed by atoms with E-state index in [-0.39, 0.29) is 23.9 Å². The van der Waals surface area contributed by atoms with Gasteiger partial charge in [0.2, 0.25) is 5.91 Å². The number of hydrogen-bond donors (Lipinski definition) is 2. The third-order valence-corrected chi connectivity index (χ3v) is 5.09. The fourth-order valence-electron chi connectivity index (χ4n) is 3.03. The molecule has 0 radical (unpaired) electrons. The van der Waals surface area contributed by atoms with Crippen molar-refractivity contribution in [2.45, 2.75) is 31.2 Å². The highest BCUT2D eigenvalue weighted by Crippen LogP contribution is 2.32. The third-order valence-electron chi connectivity index (χ3n) is 4.59. The first-order valence-corrected chi connectivity index (χ1v) is 8.70. The number of hydrogen-bond acceptors (Lipinski definition) is 3. The summed E-state index contributed by atoms with van der Waals surface area (Å²) in [4.78, 5) is 26.2. The summed E-state index contributed by atoms with van der Waals surface area (Å²) in [6, 6.07) is 7.09. The molecule has 126 valence electrons. The lowest BCUT2D eigenvalue weighted by molar-refractivity contribution is -0.120. The molecule has 1 aromatic rings. The summed E-state index contributed by atoms with van der Waals surface area (Å²) in [5.41, 5.74) is 0.594. The van der Waals surface area contributed by atoms with Crippen molar-refractivity contribution in [3.63, 3.8) is 0 Å². The average Bonchev–Trinajstić information content (AvgIpc) is 3.01. The van der Waals surface area contributed by atoms with Crippen molar-refractivity contribution in [1.82, 2.24) is 15.5 Å². The van der Waals surface area contributed by atoms with E-state index < -0.39 is 0 Å². The predicted molar refractivity (Wildman–Crippen MR) is 94.4 cm³/mol. The van der Waals surface area contributed by atoms with Crippen LogP contribution in [0.3, 0.4) is 0 Å². The van der Waals surface area contributed by atoms with Gasteiger partial charge in [0.25, 0.3) is 5.91 Å². The molecule has 1 fully saturated rings. The molecule has 23 heavy (non-hydrogen) atoms. The van der Waals surface area contributed by atoms with Crippen LogP contribution in [0.25, 0.3) is 0 Å². The quantitative estimate of drug-likeness (QED) is 0.793. The van der Waals surface area contributed by atoms with Crippen molar-refractivity contribution in [3.05, 3.63) is 34.3 Å². The van der Waals surface area contributed by atoms with Crippen LogP contribution in [0.4, 0.5) is 0 Å². The van der Waals surface area contributed by atoms with Gasteiger partial charge in [0.1, 0.15) is 0 Å². The molecular weight excluding hydrogens is 358 g/mol. The molecule has 2 N–H and O–H groups in total. The minimum atomic E-state index is -0.246. The summed E-state index contributed by atoms with van der Waals surface area (Å²) in [6.07, 6.45) is 4.61. The van der Waals surface area contributed by atoms with Crippen LogP contribution < -0.4 is 10.6 Å². The van der Waals surface area contributed by atoms with E-state index in [4.69, 9.17) is 0 Å². The summed E-state index contributed by atoms with van der Waals surface area (Å²) >= 11 is 3.33. The minimum Gasteiger partial charge on any atom is -0.353 e. The first kappa shape index (κ1) is 17.9.